The summed E-state index contributed by atoms with van der Waals surface area (Å²) in [6.45, 7) is 13.0. The zero-order chi connectivity index (χ0) is 26.3. The summed E-state index contributed by atoms with van der Waals surface area (Å²) in [6, 6.07) is 14.7. The molecule has 2 aromatic rings. The summed E-state index contributed by atoms with van der Waals surface area (Å²) in [5, 5.41) is 0. The van der Waals surface area contributed by atoms with Gasteiger partial charge in [-0.1, -0.05) is 74.4 Å². The van der Waals surface area contributed by atoms with Crippen molar-refractivity contribution in [1.29, 1.82) is 0 Å². The Morgan fingerprint density at radius 3 is 2.11 bits per heavy atom. The van der Waals surface area contributed by atoms with Crippen LogP contribution in [0.5, 0.6) is 0 Å². The Morgan fingerprint density at radius 1 is 0.944 bits per heavy atom. The van der Waals surface area contributed by atoms with Gasteiger partial charge >= 0.3 is 6.18 Å². The minimum absolute atomic E-state index is 0.0326. The van der Waals surface area contributed by atoms with E-state index in [4.69, 9.17) is 4.74 Å². The number of ether oxygens (including phenoxy) is 1. The number of carbonyl (C=O) groups excluding carboxylic acids is 1. The summed E-state index contributed by atoms with van der Waals surface area (Å²) in [7, 11) is 0. The van der Waals surface area contributed by atoms with Gasteiger partial charge in [-0.3, -0.25) is 4.79 Å². The maximum atomic E-state index is 14.9. The van der Waals surface area contributed by atoms with Crippen molar-refractivity contribution >= 4 is 11.4 Å². The van der Waals surface area contributed by atoms with E-state index in [-0.39, 0.29) is 11.7 Å². The van der Waals surface area contributed by atoms with E-state index in [2.05, 4.69) is 34.6 Å². The molecule has 5 rings (SSSR count). The lowest BCUT2D eigenvalue weighted by Gasteiger charge is -2.50. The molecule has 1 unspecified atom stereocenters. The minimum atomic E-state index is -4.46. The first kappa shape index (κ1) is 24.6. The van der Waals surface area contributed by atoms with E-state index >= 15 is 0 Å². The molecule has 1 saturated carbocycles. The maximum Gasteiger partial charge on any atom is 0.416 e. The zero-order valence-electron chi connectivity index (χ0n) is 21.5. The summed E-state index contributed by atoms with van der Waals surface area (Å²) in [4.78, 5) is 14.9. The van der Waals surface area contributed by atoms with Gasteiger partial charge in [-0.2, -0.15) is 13.2 Å². The quantitative estimate of drug-likeness (QED) is 0.405. The Balaban J connectivity index is 1.91. The van der Waals surface area contributed by atoms with Crippen molar-refractivity contribution in [3.05, 3.63) is 99.8 Å². The minimum Gasteiger partial charge on any atom is -0.494 e. The van der Waals surface area contributed by atoms with Crippen molar-refractivity contribution in [2.24, 2.45) is 16.7 Å². The molecule has 2 bridgehead atoms. The van der Waals surface area contributed by atoms with Gasteiger partial charge < -0.3 is 4.74 Å². The summed E-state index contributed by atoms with van der Waals surface area (Å²) < 4.78 is 46.8. The number of carbonyl (C=O) groups is 1. The van der Waals surface area contributed by atoms with Gasteiger partial charge in [0.05, 0.1) is 17.6 Å². The highest BCUT2D eigenvalue weighted by molar-refractivity contribution is 6.29. The fraction of sp³-hybridized carbons (Fsp3) is 0.387. The van der Waals surface area contributed by atoms with Crippen molar-refractivity contribution in [2.45, 2.75) is 53.1 Å². The van der Waals surface area contributed by atoms with Crippen LogP contribution in [-0.2, 0) is 21.1 Å². The van der Waals surface area contributed by atoms with Crippen molar-refractivity contribution in [3.8, 4) is 0 Å². The van der Waals surface area contributed by atoms with E-state index in [0.29, 0.717) is 23.5 Å². The van der Waals surface area contributed by atoms with E-state index < -0.39 is 28.0 Å². The highest BCUT2D eigenvalue weighted by atomic mass is 19.4. The number of hydrogen-bond donors (Lipinski definition) is 0. The molecule has 0 heterocycles. The molecule has 36 heavy (non-hydrogen) atoms. The number of benzene rings is 2. The molecule has 5 heteroatoms. The van der Waals surface area contributed by atoms with Crippen molar-refractivity contribution < 1.29 is 22.7 Å². The zero-order valence-corrected chi connectivity index (χ0v) is 21.5. The number of halogens is 3. The lowest BCUT2D eigenvalue weighted by Crippen LogP contribution is -2.52. The molecule has 0 saturated heterocycles. The van der Waals surface area contributed by atoms with Gasteiger partial charge in [0.1, 0.15) is 5.76 Å². The molecule has 0 spiro atoms. The topological polar surface area (TPSA) is 26.3 Å². The predicted molar refractivity (Wildman–Crippen MR) is 135 cm³/mol. The van der Waals surface area contributed by atoms with Gasteiger partial charge in [-0.05, 0) is 56.0 Å². The second-order valence-corrected chi connectivity index (χ2v) is 10.6. The van der Waals surface area contributed by atoms with Gasteiger partial charge in [0.25, 0.3) is 0 Å². The molecule has 0 aromatic heterocycles. The SMILES string of the molecule is CCOC1=C2[C@]3(C)C(C)=C(C)[C@@](C)(C3C)[C@@]2(c2ccc(C(F)(F)F)cc2)C(=O)C(c2ccccc2)=C1. The molecular weight excluding hydrogens is 461 g/mol. The van der Waals surface area contributed by atoms with Gasteiger partial charge in [0, 0.05) is 22.0 Å². The summed E-state index contributed by atoms with van der Waals surface area (Å²) in [5.41, 5.74) is 2.06. The Kier molecular flexibility index (Phi) is 5.27. The van der Waals surface area contributed by atoms with Crippen LogP contribution in [0.1, 0.15) is 58.2 Å². The third-order valence-electron chi connectivity index (χ3n) is 9.66. The van der Waals surface area contributed by atoms with Crippen molar-refractivity contribution in [1.82, 2.24) is 0 Å². The number of fused-ring (bicyclic) bond motifs is 5. The van der Waals surface area contributed by atoms with Gasteiger partial charge in [0.2, 0.25) is 0 Å². The Bertz CT molecular complexity index is 1350. The lowest BCUT2D eigenvalue weighted by atomic mass is 9.50. The monoisotopic (exact) mass is 492 g/mol. The van der Waals surface area contributed by atoms with Crippen LogP contribution >= 0.6 is 0 Å². The number of alkyl halides is 3. The maximum absolute atomic E-state index is 14.9. The first-order chi connectivity index (χ1) is 16.9. The predicted octanol–water partition coefficient (Wildman–Crippen LogP) is 7.91. The smallest absolute Gasteiger partial charge is 0.416 e. The average molecular weight is 493 g/mol. The average Bonchev–Trinajstić information content (AvgIpc) is 3.10. The molecular formula is C31H31F3O2. The van der Waals surface area contributed by atoms with Crippen LogP contribution in [0.4, 0.5) is 13.2 Å². The first-order valence-corrected chi connectivity index (χ1v) is 12.4. The molecule has 2 aromatic carbocycles. The number of hydrogen-bond acceptors (Lipinski definition) is 2. The number of allylic oxidation sites excluding steroid dienone is 5. The van der Waals surface area contributed by atoms with Crippen LogP contribution in [0.25, 0.3) is 5.57 Å². The Morgan fingerprint density at radius 2 is 1.56 bits per heavy atom. The van der Waals surface area contributed by atoms with Gasteiger partial charge in [-0.25, -0.2) is 0 Å². The molecule has 2 nitrogen and oxygen atoms in total. The molecule has 188 valence electrons. The van der Waals surface area contributed by atoms with E-state index in [0.717, 1.165) is 28.8 Å². The number of rotatable bonds is 4. The van der Waals surface area contributed by atoms with Gasteiger partial charge in [0.15, 0.2) is 5.78 Å². The molecule has 4 atom stereocenters. The molecule has 0 amide bonds. The molecule has 0 aliphatic heterocycles. The summed E-state index contributed by atoms with van der Waals surface area (Å²) in [6.07, 6.45) is -2.61. The second-order valence-electron chi connectivity index (χ2n) is 10.6. The highest BCUT2D eigenvalue weighted by Gasteiger charge is 2.77. The van der Waals surface area contributed by atoms with Crippen LogP contribution < -0.4 is 0 Å². The third kappa shape index (κ3) is 2.72. The lowest BCUT2D eigenvalue weighted by molar-refractivity contribution is -0.137. The Hall–Kier alpha value is -3.08. The number of ketones is 1. The normalized spacial score (nSPS) is 31.6. The molecule has 1 fully saturated rings. The van der Waals surface area contributed by atoms with Crippen LogP contribution in [0, 0.1) is 16.7 Å². The molecule has 0 radical (unpaired) electrons. The van der Waals surface area contributed by atoms with Crippen LogP contribution in [0.15, 0.2) is 83.2 Å². The van der Waals surface area contributed by atoms with E-state index in [9.17, 15) is 18.0 Å². The van der Waals surface area contributed by atoms with Crippen LogP contribution in [0.2, 0.25) is 0 Å². The van der Waals surface area contributed by atoms with Crippen molar-refractivity contribution in [3.63, 3.8) is 0 Å². The standard InChI is InChI=1S/C31H31F3O2/c1-7-36-25-17-24(21-11-9-8-10-12-21)27(35)30(22-13-15-23(16-14-22)31(32,33)34)26(25)28(5)18(2)19(3)29(30,6)20(28)4/h8-17,20H,7H2,1-6H3/t20?,28-,29+,30-/m1/s1. The summed E-state index contributed by atoms with van der Waals surface area (Å²) >= 11 is 0. The fourth-order valence-corrected chi connectivity index (χ4v) is 7.51. The molecule has 3 aliphatic carbocycles. The molecule has 0 N–H and O–H groups in total. The van der Waals surface area contributed by atoms with E-state index in [1.54, 1.807) is 0 Å². The van der Waals surface area contributed by atoms with E-state index in [1.807, 2.05) is 43.3 Å². The van der Waals surface area contributed by atoms with Crippen LogP contribution in [-0.4, -0.2) is 12.4 Å². The van der Waals surface area contributed by atoms with E-state index in [1.165, 1.54) is 17.7 Å². The van der Waals surface area contributed by atoms with Crippen molar-refractivity contribution in [2.75, 3.05) is 6.61 Å². The highest BCUT2D eigenvalue weighted by Crippen LogP contribution is 2.79. The fourth-order valence-electron chi connectivity index (χ4n) is 7.51. The number of Topliss-reactive ketones (excluding diaryl/α,β-unsaturated/α-hetero) is 1. The van der Waals surface area contributed by atoms with Crippen LogP contribution in [0.3, 0.4) is 0 Å². The summed E-state index contributed by atoms with van der Waals surface area (Å²) in [5.74, 6) is 0.600. The third-order valence-corrected chi connectivity index (χ3v) is 9.66. The Labute approximate surface area is 210 Å². The second kappa shape index (κ2) is 7.71. The largest absolute Gasteiger partial charge is 0.494 e. The molecule has 3 aliphatic rings. The first-order valence-electron chi connectivity index (χ1n) is 12.4. The van der Waals surface area contributed by atoms with Gasteiger partial charge in [-0.15, -0.1) is 0 Å².